The smallest absolute Gasteiger partial charge is 0.307 e. The summed E-state index contributed by atoms with van der Waals surface area (Å²) in [5.41, 5.74) is 0.894. The van der Waals surface area contributed by atoms with Crippen molar-refractivity contribution in [2.24, 2.45) is 5.92 Å². The number of halogens is 1. The fraction of sp³-hybridized carbons (Fsp3) is 0.417. The highest BCUT2D eigenvalue weighted by atomic mass is 19.1. The van der Waals surface area contributed by atoms with E-state index in [4.69, 9.17) is 5.11 Å². The minimum atomic E-state index is -0.734. The number of hydrogen-bond acceptors (Lipinski definition) is 2. The Kier molecular flexibility index (Phi) is 3.19. The van der Waals surface area contributed by atoms with Gasteiger partial charge in [0.1, 0.15) is 5.82 Å². The molecule has 1 aromatic rings. The molecule has 86 valence electrons. The molecule has 0 aliphatic carbocycles. The lowest BCUT2D eigenvalue weighted by atomic mass is 10.1. The van der Waals surface area contributed by atoms with Gasteiger partial charge in [0.25, 0.3) is 0 Å². The average Bonchev–Trinajstić information content (AvgIpc) is 2.66. The Morgan fingerprint density at radius 3 is 3.00 bits per heavy atom. The Bertz CT molecular complexity index is 394. The van der Waals surface area contributed by atoms with Gasteiger partial charge in [-0.3, -0.25) is 9.69 Å². The molecular weight excluding hydrogens is 209 g/mol. The molecule has 0 radical (unpaired) electrons. The van der Waals surface area contributed by atoms with Crippen LogP contribution in [0.15, 0.2) is 24.3 Å². The van der Waals surface area contributed by atoms with Crippen molar-refractivity contribution in [3.8, 4) is 0 Å². The third kappa shape index (κ3) is 2.58. The van der Waals surface area contributed by atoms with Crippen LogP contribution in [-0.2, 0) is 11.3 Å². The summed E-state index contributed by atoms with van der Waals surface area (Å²) in [4.78, 5) is 12.8. The summed E-state index contributed by atoms with van der Waals surface area (Å²) in [5.74, 6) is -1.25. The number of aliphatic carboxylic acids is 1. The van der Waals surface area contributed by atoms with Crippen molar-refractivity contribution in [3.63, 3.8) is 0 Å². The Balaban J connectivity index is 1.94. The second-order valence-corrected chi connectivity index (χ2v) is 4.19. The largest absolute Gasteiger partial charge is 0.481 e. The molecule has 1 fully saturated rings. The lowest BCUT2D eigenvalue weighted by molar-refractivity contribution is -0.141. The van der Waals surface area contributed by atoms with Gasteiger partial charge in [0.15, 0.2) is 0 Å². The van der Waals surface area contributed by atoms with Gasteiger partial charge < -0.3 is 5.11 Å². The van der Waals surface area contributed by atoms with Crippen molar-refractivity contribution in [2.75, 3.05) is 13.1 Å². The molecule has 2 rings (SSSR count). The number of rotatable bonds is 3. The molecule has 1 aliphatic heterocycles. The van der Waals surface area contributed by atoms with Crippen LogP contribution < -0.4 is 0 Å². The summed E-state index contributed by atoms with van der Waals surface area (Å²) >= 11 is 0. The predicted octanol–water partition coefficient (Wildman–Crippen LogP) is 1.73. The van der Waals surface area contributed by atoms with Gasteiger partial charge in [-0.1, -0.05) is 12.1 Å². The van der Waals surface area contributed by atoms with E-state index in [2.05, 4.69) is 0 Å². The van der Waals surface area contributed by atoms with Crippen molar-refractivity contribution in [2.45, 2.75) is 13.0 Å². The van der Waals surface area contributed by atoms with Gasteiger partial charge in [-0.15, -0.1) is 0 Å². The van der Waals surface area contributed by atoms with Crippen molar-refractivity contribution in [1.82, 2.24) is 4.90 Å². The molecule has 0 saturated carbocycles. The molecule has 1 aliphatic rings. The molecule has 16 heavy (non-hydrogen) atoms. The maximum Gasteiger partial charge on any atom is 0.307 e. The summed E-state index contributed by atoms with van der Waals surface area (Å²) in [6, 6.07) is 6.44. The van der Waals surface area contributed by atoms with Gasteiger partial charge >= 0.3 is 5.97 Å². The van der Waals surface area contributed by atoms with Gasteiger partial charge in [-0.05, 0) is 30.7 Å². The first-order valence-electron chi connectivity index (χ1n) is 5.35. The van der Waals surface area contributed by atoms with E-state index in [0.717, 1.165) is 12.1 Å². The van der Waals surface area contributed by atoms with Crippen molar-refractivity contribution < 1.29 is 14.3 Å². The van der Waals surface area contributed by atoms with E-state index < -0.39 is 5.97 Å². The second kappa shape index (κ2) is 4.61. The van der Waals surface area contributed by atoms with Crippen LogP contribution in [-0.4, -0.2) is 29.1 Å². The van der Waals surface area contributed by atoms with Crippen LogP contribution in [0.3, 0.4) is 0 Å². The van der Waals surface area contributed by atoms with E-state index in [1.807, 2.05) is 11.0 Å². The summed E-state index contributed by atoms with van der Waals surface area (Å²) < 4.78 is 12.9. The molecule has 0 amide bonds. The quantitative estimate of drug-likeness (QED) is 0.848. The van der Waals surface area contributed by atoms with Crippen LogP contribution in [0.5, 0.6) is 0 Å². The fourth-order valence-electron chi connectivity index (χ4n) is 2.07. The molecule has 0 bridgehead atoms. The van der Waals surface area contributed by atoms with Crippen molar-refractivity contribution in [1.29, 1.82) is 0 Å². The van der Waals surface area contributed by atoms with E-state index in [1.165, 1.54) is 12.1 Å². The molecule has 3 nitrogen and oxygen atoms in total. The number of carboxylic acids is 1. The zero-order valence-corrected chi connectivity index (χ0v) is 8.90. The second-order valence-electron chi connectivity index (χ2n) is 4.19. The molecule has 1 unspecified atom stereocenters. The maximum absolute atomic E-state index is 12.9. The number of likely N-dealkylation sites (tertiary alicyclic amines) is 1. The third-order valence-corrected chi connectivity index (χ3v) is 2.92. The van der Waals surface area contributed by atoms with Crippen LogP contribution >= 0.6 is 0 Å². The molecule has 1 saturated heterocycles. The van der Waals surface area contributed by atoms with E-state index in [0.29, 0.717) is 19.5 Å². The molecule has 1 aromatic carbocycles. The van der Waals surface area contributed by atoms with Gasteiger partial charge in [0, 0.05) is 13.1 Å². The minimum Gasteiger partial charge on any atom is -0.481 e. The normalized spacial score (nSPS) is 21.2. The molecular formula is C12H14FNO2. The third-order valence-electron chi connectivity index (χ3n) is 2.92. The molecule has 4 heteroatoms. The number of carbonyl (C=O) groups is 1. The topological polar surface area (TPSA) is 40.5 Å². The Morgan fingerprint density at radius 1 is 1.56 bits per heavy atom. The highest BCUT2D eigenvalue weighted by molar-refractivity contribution is 5.70. The van der Waals surface area contributed by atoms with Crippen LogP contribution in [0.1, 0.15) is 12.0 Å². The Morgan fingerprint density at radius 2 is 2.38 bits per heavy atom. The minimum absolute atomic E-state index is 0.244. The number of nitrogens with zero attached hydrogens (tertiary/aromatic N) is 1. The highest BCUT2D eigenvalue weighted by Gasteiger charge is 2.27. The van der Waals surface area contributed by atoms with Gasteiger partial charge in [0.2, 0.25) is 0 Å². The summed E-state index contributed by atoms with van der Waals surface area (Å²) in [6.45, 7) is 1.96. The zero-order valence-electron chi connectivity index (χ0n) is 8.90. The Hall–Kier alpha value is -1.42. The summed E-state index contributed by atoms with van der Waals surface area (Å²) in [6.07, 6.45) is 0.685. The SMILES string of the molecule is O=C(O)C1CCN(Cc2cccc(F)c2)C1. The predicted molar refractivity (Wildman–Crippen MR) is 57.4 cm³/mol. The van der Waals surface area contributed by atoms with E-state index in [9.17, 15) is 9.18 Å². The van der Waals surface area contributed by atoms with Crippen LogP contribution in [0.25, 0.3) is 0 Å². The van der Waals surface area contributed by atoms with Gasteiger partial charge in [-0.25, -0.2) is 4.39 Å². The van der Waals surface area contributed by atoms with Gasteiger partial charge in [-0.2, -0.15) is 0 Å². The van der Waals surface area contributed by atoms with E-state index >= 15 is 0 Å². The molecule has 0 spiro atoms. The molecule has 0 aromatic heterocycles. The maximum atomic E-state index is 12.9. The van der Waals surface area contributed by atoms with Crippen LogP contribution in [0.2, 0.25) is 0 Å². The Labute approximate surface area is 93.5 Å². The lowest BCUT2D eigenvalue weighted by Gasteiger charge is -2.14. The summed E-state index contributed by atoms with van der Waals surface area (Å²) in [5, 5.41) is 8.85. The highest BCUT2D eigenvalue weighted by Crippen LogP contribution is 2.18. The van der Waals surface area contributed by atoms with E-state index in [-0.39, 0.29) is 11.7 Å². The number of benzene rings is 1. The average molecular weight is 223 g/mol. The molecule has 1 N–H and O–H groups in total. The fourth-order valence-corrected chi connectivity index (χ4v) is 2.07. The van der Waals surface area contributed by atoms with Crippen LogP contribution in [0, 0.1) is 11.7 Å². The number of carboxylic acid groups (broad SMARTS) is 1. The van der Waals surface area contributed by atoms with Gasteiger partial charge in [0.05, 0.1) is 5.92 Å². The monoisotopic (exact) mass is 223 g/mol. The number of hydrogen-bond donors (Lipinski definition) is 1. The zero-order chi connectivity index (χ0) is 11.5. The van der Waals surface area contributed by atoms with E-state index in [1.54, 1.807) is 6.07 Å². The molecule has 1 atom stereocenters. The lowest BCUT2D eigenvalue weighted by Crippen LogP contribution is -2.22. The standard InChI is InChI=1S/C12H14FNO2/c13-11-3-1-2-9(6-11)7-14-5-4-10(8-14)12(15)16/h1-3,6,10H,4-5,7-8H2,(H,15,16). The van der Waals surface area contributed by atoms with Crippen molar-refractivity contribution >= 4 is 5.97 Å². The first-order chi connectivity index (χ1) is 7.65. The first kappa shape index (κ1) is 11.1. The summed E-state index contributed by atoms with van der Waals surface area (Å²) in [7, 11) is 0. The molecule has 1 heterocycles. The van der Waals surface area contributed by atoms with Crippen molar-refractivity contribution in [3.05, 3.63) is 35.6 Å². The van der Waals surface area contributed by atoms with Crippen LogP contribution in [0.4, 0.5) is 4.39 Å². The first-order valence-corrected chi connectivity index (χ1v) is 5.35.